The third-order valence-corrected chi connectivity index (χ3v) is 5.04. The van der Waals surface area contributed by atoms with E-state index in [1.54, 1.807) is 19.2 Å². The molecular formula is C24H27F3N4O6S. The van der Waals surface area contributed by atoms with Crippen LogP contribution in [-0.4, -0.2) is 65.4 Å². The van der Waals surface area contributed by atoms with Gasteiger partial charge in [0.15, 0.2) is 5.11 Å². The number of nitrogens with one attached hydrogen (secondary N) is 4. The van der Waals surface area contributed by atoms with Gasteiger partial charge in [-0.1, -0.05) is 54.6 Å². The molecule has 14 heteroatoms. The number of hydrogen-bond donors (Lipinski definition) is 6. The van der Waals surface area contributed by atoms with E-state index >= 15 is 0 Å². The van der Waals surface area contributed by atoms with Gasteiger partial charge in [0.1, 0.15) is 0 Å². The molecule has 1 atom stereocenters. The molecule has 0 saturated heterocycles. The first-order valence-corrected chi connectivity index (χ1v) is 11.4. The number of carbonyl (C=O) groups is 4. The molecule has 2 rings (SSSR count). The van der Waals surface area contributed by atoms with Crippen molar-refractivity contribution >= 4 is 41.1 Å². The number of aliphatic carboxylic acids is 2. The normalized spacial score (nSPS) is 11.2. The summed E-state index contributed by atoms with van der Waals surface area (Å²) in [5.41, 5.74) is 2.70. The molecule has 0 radical (unpaired) electrons. The van der Waals surface area contributed by atoms with Crippen molar-refractivity contribution < 1.29 is 42.6 Å². The first-order valence-electron chi connectivity index (χ1n) is 11.0. The number of halogens is 3. The van der Waals surface area contributed by atoms with Crippen LogP contribution in [-0.2, 0) is 19.2 Å². The molecular weight excluding hydrogens is 529 g/mol. The Balaban J connectivity index is 0.000000905. The van der Waals surface area contributed by atoms with Gasteiger partial charge in [-0.15, -0.1) is 0 Å². The maximum Gasteiger partial charge on any atom is 0.490 e. The first-order chi connectivity index (χ1) is 17.8. The third kappa shape index (κ3) is 12.7. The lowest BCUT2D eigenvalue weighted by Gasteiger charge is -2.18. The van der Waals surface area contributed by atoms with E-state index in [0.717, 1.165) is 11.1 Å². The quantitative estimate of drug-likeness (QED) is 0.242. The second-order valence-corrected chi connectivity index (χ2v) is 7.95. The van der Waals surface area contributed by atoms with E-state index in [0.29, 0.717) is 17.2 Å². The maximum absolute atomic E-state index is 12.3. The highest BCUT2D eigenvalue weighted by Gasteiger charge is 2.38. The zero-order chi connectivity index (χ0) is 28.7. The molecule has 0 aliphatic carbocycles. The average molecular weight is 557 g/mol. The van der Waals surface area contributed by atoms with E-state index in [9.17, 15) is 32.7 Å². The van der Waals surface area contributed by atoms with Gasteiger partial charge in [0.25, 0.3) is 0 Å². The average Bonchev–Trinajstić information content (AvgIpc) is 2.87. The van der Waals surface area contributed by atoms with Gasteiger partial charge in [0, 0.05) is 20.0 Å². The number of carboxylic acids is 2. The van der Waals surface area contributed by atoms with Crippen LogP contribution >= 0.6 is 12.2 Å². The van der Waals surface area contributed by atoms with E-state index in [2.05, 4.69) is 21.3 Å². The summed E-state index contributed by atoms with van der Waals surface area (Å²) in [7, 11) is 1.67. The van der Waals surface area contributed by atoms with Crippen LogP contribution in [0.3, 0.4) is 0 Å². The van der Waals surface area contributed by atoms with Crippen LogP contribution in [0.1, 0.15) is 24.4 Å². The lowest BCUT2D eigenvalue weighted by atomic mass is 9.99. The molecule has 2 aromatic rings. The van der Waals surface area contributed by atoms with Crippen molar-refractivity contribution in [3.63, 3.8) is 0 Å². The molecule has 2 amide bonds. The zero-order valence-electron chi connectivity index (χ0n) is 20.2. The van der Waals surface area contributed by atoms with Crippen molar-refractivity contribution in [2.75, 3.05) is 20.1 Å². The lowest BCUT2D eigenvalue weighted by molar-refractivity contribution is -0.192. The number of carbonyl (C=O) groups excluding carboxylic acids is 2. The van der Waals surface area contributed by atoms with Crippen molar-refractivity contribution in [2.24, 2.45) is 0 Å². The molecule has 0 aliphatic heterocycles. The Bertz CT molecular complexity index is 1100. The number of benzene rings is 2. The van der Waals surface area contributed by atoms with Crippen LogP contribution in [0.5, 0.6) is 0 Å². The molecule has 0 bridgehead atoms. The van der Waals surface area contributed by atoms with Crippen molar-refractivity contribution in [3.8, 4) is 11.1 Å². The molecule has 0 heterocycles. The van der Waals surface area contributed by atoms with Crippen LogP contribution in [0.15, 0.2) is 54.6 Å². The predicted octanol–water partition coefficient (Wildman–Crippen LogP) is 2.22. The Morgan fingerprint density at radius 3 is 1.95 bits per heavy atom. The van der Waals surface area contributed by atoms with E-state index < -0.39 is 30.1 Å². The fourth-order valence-corrected chi connectivity index (χ4v) is 2.96. The van der Waals surface area contributed by atoms with Crippen LogP contribution in [0.25, 0.3) is 11.1 Å². The van der Waals surface area contributed by atoms with Crippen LogP contribution in [0.4, 0.5) is 13.2 Å². The Hall–Kier alpha value is -4.20. The summed E-state index contributed by atoms with van der Waals surface area (Å²) in [5, 5.41) is 27.5. The van der Waals surface area contributed by atoms with Gasteiger partial charge in [-0.25, -0.2) is 4.79 Å². The smallest absolute Gasteiger partial charge is 0.481 e. The predicted molar refractivity (Wildman–Crippen MR) is 136 cm³/mol. The van der Waals surface area contributed by atoms with Gasteiger partial charge >= 0.3 is 18.1 Å². The number of thiocarbonyl (C=S) groups is 1. The molecule has 1 unspecified atom stereocenters. The van der Waals surface area contributed by atoms with Crippen molar-refractivity contribution in [1.82, 2.24) is 21.3 Å². The summed E-state index contributed by atoms with van der Waals surface area (Å²) in [5.74, 6) is -4.57. The number of hydrogen-bond acceptors (Lipinski definition) is 5. The molecule has 2 aromatic carbocycles. The minimum atomic E-state index is -5.08. The van der Waals surface area contributed by atoms with Crippen LogP contribution in [0, 0.1) is 0 Å². The van der Waals surface area contributed by atoms with Crippen molar-refractivity contribution in [2.45, 2.75) is 25.1 Å². The highest BCUT2D eigenvalue weighted by Crippen LogP contribution is 2.23. The monoisotopic (exact) mass is 556 g/mol. The van der Waals surface area contributed by atoms with E-state index in [1.807, 2.05) is 42.5 Å². The Kier molecular flexibility index (Phi) is 13.2. The van der Waals surface area contributed by atoms with Crippen LogP contribution < -0.4 is 21.3 Å². The van der Waals surface area contributed by atoms with Gasteiger partial charge in [-0.3, -0.25) is 14.4 Å². The van der Waals surface area contributed by atoms with Crippen molar-refractivity contribution in [3.05, 3.63) is 60.2 Å². The lowest BCUT2D eigenvalue weighted by Crippen LogP contribution is -2.40. The SMILES string of the molecule is CNC(=S)NCCC(=O)NCC(=O)NC(CC(=O)O)c1ccc(-c2ccccc2)cc1.O=C(O)C(F)(F)F. The molecule has 0 saturated carbocycles. The summed E-state index contributed by atoms with van der Waals surface area (Å²) < 4.78 is 31.7. The summed E-state index contributed by atoms with van der Waals surface area (Å²) in [6, 6.07) is 16.4. The molecule has 0 spiro atoms. The number of amides is 2. The highest BCUT2D eigenvalue weighted by atomic mass is 32.1. The summed E-state index contributed by atoms with van der Waals surface area (Å²) in [4.78, 5) is 44.3. The van der Waals surface area contributed by atoms with Gasteiger partial charge < -0.3 is 31.5 Å². The zero-order valence-corrected chi connectivity index (χ0v) is 21.0. The molecule has 38 heavy (non-hydrogen) atoms. The Labute approximate surface area is 221 Å². The summed E-state index contributed by atoms with van der Waals surface area (Å²) >= 11 is 4.91. The minimum Gasteiger partial charge on any atom is -0.481 e. The molecule has 0 aromatic heterocycles. The van der Waals surface area contributed by atoms with Crippen LogP contribution in [0.2, 0.25) is 0 Å². The summed E-state index contributed by atoms with van der Waals surface area (Å²) in [6.45, 7) is 0.0933. The Morgan fingerprint density at radius 1 is 0.895 bits per heavy atom. The van der Waals surface area contributed by atoms with Gasteiger partial charge in [0.2, 0.25) is 11.8 Å². The van der Waals surface area contributed by atoms with E-state index in [-0.39, 0.29) is 25.3 Å². The first kappa shape index (κ1) is 31.8. The molecule has 206 valence electrons. The second-order valence-electron chi connectivity index (χ2n) is 7.54. The fourth-order valence-electron chi connectivity index (χ4n) is 2.86. The minimum absolute atomic E-state index is 0.147. The van der Waals surface area contributed by atoms with E-state index in [1.165, 1.54) is 0 Å². The molecule has 6 N–H and O–H groups in total. The van der Waals surface area contributed by atoms with E-state index in [4.69, 9.17) is 22.1 Å². The standard InChI is InChI=1S/C22H26N4O4S.C2HF3O2/c1-23-22(31)24-12-11-19(27)25-14-20(28)26-18(13-21(29)30)17-9-7-16(8-10-17)15-5-3-2-4-6-15;3-2(4,5)1(6)7/h2-10,18H,11-14H2,1H3,(H,25,27)(H,26,28)(H,29,30)(H2,23,24,31);(H,6,7). The van der Waals surface area contributed by atoms with Gasteiger partial charge in [-0.2, -0.15) is 13.2 Å². The Morgan fingerprint density at radius 2 is 1.45 bits per heavy atom. The maximum atomic E-state index is 12.3. The highest BCUT2D eigenvalue weighted by molar-refractivity contribution is 7.80. The third-order valence-electron chi connectivity index (χ3n) is 4.69. The summed E-state index contributed by atoms with van der Waals surface area (Å²) in [6.07, 6.45) is -5.20. The fraction of sp³-hybridized carbons (Fsp3) is 0.292. The largest absolute Gasteiger partial charge is 0.490 e. The number of alkyl halides is 3. The van der Waals surface area contributed by atoms with Gasteiger partial charge in [-0.05, 0) is 28.9 Å². The molecule has 10 nitrogen and oxygen atoms in total. The van der Waals surface area contributed by atoms with Crippen molar-refractivity contribution in [1.29, 1.82) is 0 Å². The van der Waals surface area contributed by atoms with Gasteiger partial charge in [0.05, 0.1) is 19.0 Å². The number of carboxylic acid groups (broad SMARTS) is 2. The topological polar surface area (TPSA) is 157 Å². The second kappa shape index (κ2) is 15.8. The molecule has 0 fully saturated rings. The molecule has 0 aliphatic rings. The number of rotatable bonds is 10.